The van der Waals surface area contributed by atoms with Crippen LogP contribution < -0.4 is 0 Å². The Hall–Kier alpha value is -1.62. The Morgan fingerprint density at radius 1 is 1.38 bits per heavy atom. The van der Waals surface area contributed by atoms with Crippen molar-refractivity contribution < 1.29 is 24.5 Å². The molecule has 136 valence electrons. The van der Waals surface area contributed by atoms with E-state index >= 15 is 0 Å². The molecule has 5 nitrogen and oxygen atoms in total. The van der Waals surface area contributed by atoms with Gasteiger partial charge >= 0.3 is 11.9 Å². The lowest BCUT2D eigenvalue weighted by Gasteiger charge is -2.30. The molecule has 0 radical (unpaired) electrons. The zero-order chi connectivity index (χ0) is 18.1. The number of hydrogen-bond donors (Lipinski definition) is 2. The van der Waals surface area contributed by atoms with Crippen LogP contribution in [0.1, 0.15) is 65.7 Å². The number of aliphatic hydroxyl groups is 1. The monoisotopic (exact) mass is 338 g/mol. The summed E-state index contributed by atoms with van der Waals surface area (Å²) in [6.07, 6.45) is 7.75. The fourth-order valence-corrected chi connectivity index (χ4v) is 2.98. The maximum atomic E-state index is 12.0. The lowest BCUT2D eigenvalue weighted by molar-refractivity contribution is -0.152. The van der Waals surface area contributed by atoms with Gasteiger partial charge in [0.15, 0.2) is 0 Å². The van der Waals surface area contributed by atoms with Crippen molar-refractivity contribution in [1.82, 2.24) is 0 Å². The quantitative estimate of drug-likeness (QED) is 0.290. The van der Waals surface area contributed by atoms with Crippen LogP contribution in [0.4, 0.5) is 0 Å². The average molecular weight is 338 g/mol. The van der Waals surface area contributed by atoms with Crippen molar-refractivity contribution in [2.45, 2.75) is 77.9 Å². The summed E-state index contributed by atoms with van der Waals surface area (Å²) in [6.45, 7) is 6.19. The largest absolute Gasteiger partial charge is 0.481 e. The summed E-state index contributed by atoms with van der Waals surface area (Å²) in [5, 5.41) is 18.9. The van der Waals surface area contributed by atoms with Crippen LogP contribution >= 0.6 is 0 Å². The highest BCUT2D eigenvalue weighted by atomic mass is 16.6. The van der Waals surface area contributed by atoms with Crippen LogP contribution in [0.3, 0.4) is 0 Å². The van der Waals surface area contributed by atoms with Crippen LogP contribution in [0.25, 0.3) is 0 Å². The number of allylic oxidation sites excluding steroid dienone is 1. The molecule has 0 spiro atoms. The predicted octanol–water partition coefficient (Wildman–Crippen LogP) is 3.62. The molecule has 0 aromatic carbocycles. The number of carboxylic acid groups (broad SMARTS) is 1. The first-order valence-electron chi connectivity index (χ1n) is 8.83. The molecule has 0 aromatic rings. The Morgan fingerprint density at radius 3 is 2.71 bits per heavy atom. The molecule has 0 unspecified atom stereocenters. The first-order valence-corrected chi connectivity index (χ1v) is 8.83. The molecule has 3 atom stereocenters. The molecule has 1 aliphatic heterocycles. The van der Waals surface area contributed by atoms with Crippen LogP contribution in [-0.2, 0) is 14.3 Å². The standard InChI is InChI=1S/C19H30O5/c1-4-5-6-7-8-13(2)11-14(3)18-16(20)12-15(19(23)24-18)9-10-17(21)22/h9,11,13,16,18,20H,4-8,10,12H2,1-3H3,(H,21,22)/t13-,16+,18-/m1/s1. The Morgan fingerprint density at radius 2 is 2.08 bits per heavy atom. The van der Waals surface area contributed by atoms with Crippen molar-refractivity contribution in [3.8, 4) is 0 Å². The molecule has 24 heavy (non-hydrogen) atoms. The summed E-state index contributed by atoms with van der Waals surface area (Å²) in [5.41, 5.74) is 1.10. The normalized spacial score (nSPS) is 24.8. The molecular weight excluding hydrogens is 308 g/mol. The highest BCUT2D eigenvalue weighted by molar-refractivity contribution is 5.90. The zero-order valence-electron chi connectivity index (χ0n) is 15.0. The van der Waals surface area contributed by atoms with Crippen molar-refractivity contribution >= 4 is 11.9 Å². The Bertz CT molecular complexity index is 492. The molecule has 1 fully saturated rings. The lowest BCUT2D eigenvalue weighted by atomic mass is 9.92. The maximum Gasteiger partial charge on any atom is 0.334 e. The molecule has 1 rings (SSSR count). The summed E-state index contributed by atoms with van der Waals surface area (Å²) in [7, 11) is 0. The molecule has 0 bridgehead atoms. The number of ether oxygens (including phenoxy) is 1. The predicted molar refractivity (Wildman–Crippen MR) is 92.5 cm³/mol. The minimum absolute atomic E-state index is 0.132. The Labute approximate surface area is 144 Å². The summed E-state index contributed by atoms with van der Waals surface area (Å²) in [4.78, 5) is 22.6. The number of cyclic esters (lactones) is 1. The molecule has 0 amide bonds. The maximum absolute atomic E-state index is 12.0. The second kappa shape index (κ2) is 10.3. The van der Waals surface area contributed by atoms with Crippen molar-refractivity contribution in [3.05, 3.63) is 23.3 Å². The van der Waals surface area contributed by atoms with Gasteiger partial charge in [0.2, 0.25) is 0 Å². The van der Waals surface area contributed by atoms with Gasteiger partial charge in [-0.15, -0.1) is 0 Å². The number of rotatable bonds is 9. The van der Waals surface area contributed by atoms with Crippen molar-refractivity contribution in [2.75, 3.05) is 0 Å². The third-order valence-electron chi connectivity index (χ3n) is 4.31. The number of hydrogen-bond acceptors (Lipinski definition) is 4. The fraction of sp³-hybridized carbons (Fsp3) is 0.684. The van der Waals surface area contributed by atoms with E-state index in [4.69, 9.17) is 9.84 Å². The second-order valence-electron chi connectivity index (χ2n) is 6.66. The van der Waals surface area contributed by atoms with Crippen molar-refractivity contribution in [2.24, 2.45) is 5.92 Å². The fourth-order valence-electron chi connectivity index (χ4n) is 2.98. The summed E-state index contributed by atoms with van der Waals surface area (Å²) in [5.74, 6) is -1.17. The third kappa shape index (κ3) is 6.87. The average Bonchev–Trinajstić information content (AvgIpc) is 2.51. The highest BCUT2D eigenvalue weighted by Gasteiger charge is 2.33. The van der Waals surface area contributed by atoms with Crippen LogP contribution in [0, 0.1) is 5.92 Å². The number of carboxylic acids is 1. The number of unbranched alkanes of at least 4 members (excludes halogenated alkanes) is 3. The first kappa shape index (κ1) is 20.4. The van der Waals surface area contributed by atoms with E-state index in [9.17, 15) is 14.7 Å². The van der Waals surface area contributed by atoms with Gasteiger partial charge in [0.1, 0.15) is 6.10 Å². The Balaban J connectivity index is 2.60. The molecular formula is C19H30O5. The summed E-state index contributed by atoms with van der Waals surface area (Å²) in [6, 6.07) is 0. The SMILES string of the molecule is CCCCCC[C@@H](C)C=C(C)[C@H]1OC(=O)C(=CCC(=O)O)C[C@@H]1O. The first-order chi connectivity index (χ1) is 11.3. The zero-order valence-corrected chi connectivity index (χ0v) is 15.0. The molecule has 0 aromatic heterocycles. The molecule has 0 saturated carbocycles. The lowest BCUT2D eigenvalue weighted by Crippen LogP contribution is -2.39. The van der Waals surface area contributed by atoms with Gasteiger partial charge in [-0.3, -0.25) is 4.79 Å². The van der Waals surface area contributed by atoms with Crippen LogP contribution in [0.5, 0.6) is 0 Å². The van der Waals surface area contributed by atoms with E-state index in [-0.39, 0.29) is 18.4 Å². The number of aliphatic carboxylic acids is 1. The Kier molecular flexibility index (Phi) is 8.76. The number of esters is 1. The van der Waals surface area contributed by atoms with E-state index in [1.54, 1.807) is 0 Å². The van der Waals surface area contributed by atoms with E-state index in [2.05, 4.69) is 19.9 Å². The van der Waals surface area contributed by atoms with Gasteiger partial charge in [0.05, 0.1) is 12.5 Å². The van der Waals surface area contributed by atoms with Gasteiger partial charge in [-0.25, -0.2) is 4.79 Å². The van der Waals surface area contributed by atoms with E-state index in [1.807, 2.05) is 6.92 Å². The van der Waals surface area contributed by atoms with Crippen LogP contribution in [0.15, 0.2) is 23.3 Å². The minimum Gasteiger partial charge on any atom is -0.481 e. The minimum atomic E-state index is -1.01. The van der Waals surface area contributed by atoms with Gasteiger partial charge in [0.25, 0.3) is 0 Å². The van der Waals surface area contributed by atoms with Gasteiger partial charge in [-0.1, -0.05) is 51.7 Å². The molecule has 1 heterocycles. The van der Waals surface area contributed by atoms with Gasteiger partial charge in [-0.05, 0) is 24.8 Å². The van der Waals surface area contributed by atoms with Crippen LogP contribution in [0.2, 0.25) is 0 Å². The number of carbonyl (C=O) groups excluding carboxylic acids is 1. The summed E-state index contributed by atoms with van der Waals surface area (Å²) < 4.78 is 5.33. The molecule has 5 heteroatoms. The van der Waals surface area contributed by atoms with E-state index in [1.165, 1.54) is 31.8 Å². The number of carbonyl (C=O) groups is 2. The van der Waals surface area contributed by atoms with E-state index in [0.717, 1.165) is 12.0 Å². The van der Waals surface area contributed by atoms with Gasteiger partial charge < -0.3 is 14.9 Å². The van der Waals surface area contributed by atoms with Crippen molar-refractivity contribution in [1.29, 1.82) is 0 Å². The van der Waals surface area contributed by atoms with E-state index in [0.29, 0.717) is 5.92 Å². The topological polar surface area (TPSA) is 83.8 Å². The molecule has 1 saturated heterocycles. The molecule has 2 N–H and O–H groups in total. The smallest absolute Gasteiger partial charge is 0.334 e. The number of aliphatic hydroxyl groups excluding tert-OH is 1. The van der Waals surface area contributed by atoms with Gasteiger partial charge in [-0.2, -0.15) is 0 Å². The highest BCUT2D eigenvalue weighted by Crippen LogP contribution is 2.26. The third-order valence-corrected chi connectivity index (χ3v) is 4.31. The molecule has 0 aliphatic carbocycles. The van der Waals surface area contributed by atoms with Crippen molar-refractivity contribution in [3.63, 3.8) is 0 Å². The van der Waals surface area contributed by atoms with Gasteiger partial charge in [0, 0.05) is 12.0 Å². The van der Waals surface area contributed by atoms with E-state index < -0.39 is 24.1 Å². The van der Waals surface area contributed by atoms with Crippen LogP contribution in [-0.4, -0.2) is 34.4 Å². The second-order valence-corrected chi connectivity index (χ2v) is 6.66. The summed E-state index contributed by atoms with van der Waals surface area (Å²) >= 11 is 0. The molecule has 1 aliphatic rings.